The Hall–Kier alpha value is -2.55. The molecule has 2 bridgehead atoms. The van der Waals surface area contributed by atoms with E-state index in [1.54, 1.807) is 0 Å². The molecule has 4 atom stereocenters. The third-order valence-corrected chi connectivity index (χ3v) is 6.37. The molecule has 1 N–H and O–H groups in total. The van der Waals surface area contributed by atoms with Crippen LogP contribution in [-0.2, 0) is 11.2 Å². The molecule has 142 valence electrons. The summed E-state index contributed by atoms with van der Waals surface area (Å²) in [4.78, 5) is 20.9. The summed E-state index contributed by atoms with van der Waals surface area (Å²) < 4.78 is 0. The number of nitrogens with zero attached hydrogens (tertiary/aromatic N) is 4. The van der Waals surface area contributed by atoms with Crippen LogP contribution in [0.5, 0.6) is 0 Å². The van der Waals surface area contributed by atoms with Crippen molar-refractivity contribution in [1.82, 2.24) is 10.2 Å². The van der Waals surface area contributed by atoms with Crippen LogP contribution in [0.3, 0.4) is 0 Å². The van der Waals surface area contributed by atoms with Gasteiger partial charge in [0.2, 0.25) is 5.91 Å². The van der Waals surface area contributed by atoms with E-state index in [1.807, 2.05) is 4.90 Å². The van der Waals surface area contributed by atoms with Gasteiger partial charge >= 0.3 is 0 Å². The Labute approximate surface area is 160 Å². The van der Waals surface area contributed by atoms with Crippen molar-refractivity contribution in [2.45, 2.75) is 50.2 Å². The van der Waals surface area contributed by atoms with Crippen molar-refractivity contribution in [2.75, 3.05) is 24.5 Å². The summed E-state index contributed by atoms with van der Waals surface area (Å²) in [5.41, 5.74) is 2.44. The van der Waals surface area contributed by atoms with E-state index in [2.05, 4.69) is 52.4 Å². The molecule has 3 aliphatic heterocycles. The maximum atomic E-state index is 12.8. The predicted molar refractivity (Wildman–Crippen MR) is 106 cm³/mol. The van der Waals surface area contributed by atoms with E-state index in [9.17, 15) is 10.1 Å². The fraction of sp³-hybridized carbons (Fsp3) is 0.571. The molecule has 3 aliphatic rings. The highest BCUT2D eigenvalue weighted by atomic mass is 16.2. The van der Waals surface area contributed by atoms with Gasteiger partial charge in [0.1, 0.15) is 0 Å². The van der Waals surface area contributed by atoms with Crippen molar-refractivity contribution in [1.29, 1.82) is 5.26 Å². The van der Waals surface area contributed by atoms with E-state index < -0.39 is 0 Å². The quantitative estimate of drug-likeness (QED) is 0.618. The average molecular weight is 365 g/mol. The van der Waals surface area contributed by atoms with Crippen molar-refractivity contribution in [3.05, 3.63) is 29.8 Å². The number of anilines is 1. The zero-order valence-electron chi connectivity index (χ0n) is 15.7. The third kappa shape index (κ3) is 3.51. The molecule has 3 saturated heterocycles. The number of aliphatic imine (C=N–C) groups is 1. The number of carbonyl (C=O) groups is 1. The maximum absolute atomic E-state index is 12.8. The summed E-state index contributed by atoms with van der Waals surface area (Å²) in [6, 6.07) is 9.19. The van der Waals surface area contributed by atoms with E-state index in [1.165, 1.54) is 11.3 Å². The van der Waals surface area contributed by atoms with Gasteiger partial charge in [0.05, 0.1) is 18.0 Å². The van der Waals surface area contributed by atoms with E-state index in [4.69, 9.17) is 0 Å². The Balaban J connectivity index is 1.34. The molecule has 3 heterocycles. The molecule has 0 saturated carbocycles. The minimum absolute atomic E-state index is 0.0261. The van der Waals surface area contributed by atoms with E-state index >= 15 is 0 Å². The number of rotatable bonds is 6. The molecule has 0 aliphatic carbocycles. The van der Waals surface area contributed by atoms with Crippen LogP contribution in [0.1, 0.15) is 31.2 Å². The van der Waals surface area contributed by atoms with Crippen molar-refractivity contribution < 1.29 is 4.79 Å². The molecule has 0 unspecified atom stereocenters. The molecule has 1 aromatic carbocycles. The first-order valence-corrected chi connectivity index (χ1v) is 9.94. The molecular weight excluding hydrogens is 338 g/mol. The second-order valence-electron chi connectivity index (χ2n) is 7.96. The van der Waals surface area contributed by atoms with E-state index in [-0.39, 0.29) is 23.9 Å². The highest BCUT2D eigenvalue weighted by Gasteiger charge is 2.47. The van der Waals surface area contributed by atoms with Crippen molar-refractivity contribution >= 4 is 18.3 Å². The van der Waals surface area contributed by atoms with Gasteiger partial charge in [-0.05, 0) is 56.5 Å². The van der Waals surface area contributed by atoms with Crippen molar-refractivity contribution in [3.8, 4) is 6.19 Å². The van der Waals surface area contributed by atoms with E-state index in [0.717, 1.165) is 51.7 Å². The topological polar surface area (TPSA) is 71.7 Å². The molecule has 27 heavy (non-hydrogen) atoms. The smallest absolute Gasteiger partial charge is 0.225 e. The lowest BCUT2D eigenvalue weighted by atomic mass is 9.95. The second kappa shape index (κ2) is 7.59. The van der Waals surface area contributed by atoms with Gasteiger partial charge in [-0.2, -0.15) is 5.26 Å². The van der Waals surface area contributed by atoms with Gasteiger partial charge in [-0.15, -0.1) is 0 Å². The number of fused-ring (bicyclic) bond motifs is 2. The summed E-state index contributed by atoms with van der Waals surface area (Å²) in [7, 11) is 0. The van der Waals surface area contributed by atoms with Crippen LogP contribution in [0.15, 0.2) is 29.3 Å². The average Bonchev–Trinajstić information content (AvgIpc) is 3.40. The Morgan fingerprint density at radius 3 is 3.04 bits per heavy atom. The summed E-state index contributed by atoms with van der Waals surface area (Å²) in [6.45, 7) is 5.95. The number of benzene rings is 1. The highest BCUT2D eigenvalue weighted by Crippen LogP contribution is 2.37. The molecule has 0 aromatic heterocycles. The summed E-state index contributed by atoms with van der Waals surface area (Å²) in [5.74, 6) is 0.179. The Bertz CT molecular complexity index is 757. The number of hydrogen-bond donors (Lipinski definition) is 1. The van der Waals surface area contributed by atoms with Crippen LogP contribution < -0.4 is 10.2 Å². The third-order valence-electron chi connectivity index (χ3n) is 6.37. The van der Waals surface area contributed by atoms with Gasteiger partial charge < -0.3 is 20.1 Å². The molecule has 0 spiro atoms. The van der Waals surface area contributed by atoms with Gasteiger partial charge in [-0.1, -0.05) is 12.1 Å². The minimum Gasteiger partial charge on any atom is -0.371 e. The first-order valence-electron chi connectivity index (χ1n) is 9.94. The number of hydrogen-bond acceptors (Lipinski definition) is 5. The summed E-state index contributed by atoms with van der Waals surface area (Å²) in [5, 5.41) is 12.5. The maximum Gasteiger partial charge on any atom is 0.225 e. The van der Waals surface area contributed by atoms with Gasteiger partial charge in [-0.3, -0.25) is 4.79 Å². The Morgan fingerprint density at radius 2 is 2.26 bits per heavy atom. The normalized spacial score (nSPS) is 29.0. The van der Waals surface area contributed by atoms with Gasteiger partial charge in [-0.25, -0.2) is 0 Å². The SMILES string of the molecule is C=NCCc1cccc(N2CC[C@H](C(=O)N[C@@H]3C[C@@H]4CC[C@H]3N4C#N)C2)c1. The lowest BCUT2D eigenvalue weighted by Crippen LogP contribution is -2.46. The highest BCUT2D eigenvalue weighted by molar-refractivity contribution is 5.80. The predicted octanol–water partition coefficient (Wildman–Crippen LogP) is 1.96. The van der Waals surface area contributed by atoms with Gasteiger partial charge in [0, 0.05) is 31.4 Å². The number of nitriles is 1. The largest absolute Gasteiger partial charge is 0.371 e. The monoisotopic (exact) mass is 365 g/mol. The van der Waals surface area contributed by atoms with Crippen LogP contribution >= 0.6 is 0 Å². The zero-order chi connectivity index (χ0) is 18.8. The molecule has 1 aromatic rings. The Morgan fingerprint density at radius 1 is 1.37 bits per heavy atom. The number of nitrogens with one attached hydrogen (secondary N) is 1. The number of carbonyl (C=O) groups excluding carboxylic acids is 1. The second-order valence-corrected chi connectivity index (χ2v) is 7.96. The number of amides is 1. The molecule has 0 radical (unpaired) electrons. The fourth-order valence-electron chi connectivity index (χ4n) is 4.93. The molecule has 3 fully saturated rings. The lowest BCUT2D eigenvalue weighted by molar-refractivity contribution is -0.125. The van der Waals surface area contributed by atoms with Gasteiger partial charge in [0.15, 0.2) is 6.19 Å². The minimum atomic E-state index is 0.0261. The van der Waals surface area contributed by atoms with Crippen LogP contribution in [0.4, 0.5) is 5.69 Å². The van der Waals surface area contributed by atoms with Crippen LogP contribution in [0.25, 0.3) is 0 Å². The molecule has 6 nitrogen and oxygen atoms in total. The van der Waals surface area contributed by atoms with Crippen LogP contribution in [-0.4, -0.2) is 55.3 Å². The molecular formula is C21H27N5O. The van der Waals surface area contributed by atoms with Crippen molar-refractivity contribution in [2.24, 2.45) is 10.9 Å². The van der Waals surface area contributed by atoms with E-state index in [0.29, 0.717) is 6.04 Å². The zero-order valence-corrected chi connectivity index (χ0v) is 15.7. The summed E-state index contributed by atoms with van der Waals surface area (Å²) in [6.07, 6.45) is 7.11. The Kier molecular flexibility index (Phi) is 5.02. The lowest BCUT2D eigenvalue weighted by Gasteiger charge is -2.24. The standard InChI is InChI=1S/C21H27N5O/c1-23-9-7-15-3-2-4-17(11-15)25-10-8-16(13-25)21(27)24-19-12-18-5-6-20(19)26(18)14-22/h2-4,11,16,18-20H,1,5-10,12-13H2,(H,24,27)/t16-,18-,19+,20+/m0/s1. The molecule has 4 rings (SSSR count). The summed E-state index contributed by atoms with van der Waals surface area (Å²) >= 11 is 0. The first kappa shape index (κ1) is 17.8. The fourth-order valence-corrected chi connectivity index (χ4v) is 4.93. The van der Waals surface area contributed by atoms with Crippen molar-refractivity contribution in [3.63, 3.8) is 0 Å². The molecule has 1 amide bonds. The van der Waals surface area contributed by atoms with Crippen LogP contribution in [0.2, 0.25) is 0 Å². The van der Waals surface area contributed by atoms with Crippen LogP contribution in [0, 0.1) is 17.4 Å². The van der Waals surface area contributed by atoms with Gasteiger partial charge in [0.25, 0.3) is 0 Å². The first-order chi connectivity index (χ1) is 13.2. The molecule has 6 heteroatoms.